The third-order valence-corrected chi connectivity index (χ3v) is 5.66. The van der Waals surface area contributed by atoms with Gasteiger partial charge in [0.2, 0.25) is 5.91 Å². The number of methoxy groups -OCH3 is 1. The van der Waals surface area contributed by atoms with E-state index in [1.54, 1.807) is 30.3 Å². The molecule has 0 atom stereocenters. The second-order valence-electron chi connectivity index (χ2n) is 7.51. The van der Waals surface area contributed by atoms with Crippen LogP contribution in [-0.2, 0) is 11.2 Å². The number of anilines is 2. The number of para-hydroxylation sites is 1. The predicted molar refractivity (Wildman–Crippen MR) is 111 cm³/mol. The lowest BCUT2D eigenvalue weighted by atomic mass is 10.1. The van der Waals surface area contributed by atoms with E-state index in [0.717, 1.165) is 24.9 Å². The number of aromatic nitrogens is 1. The molecular weight excluding hydrogens is 368 g/mol. The Labute approximate surface area is 170 Å². The molecule has 0 bridgehead atoms. The van der Waals surface area contributed by atoms with Crippen LogP contribution >= 0.6 is 0 Å². The van der Waals surface area contributed by atoms with E-state index in [0.29, 0.717) is 29.8 Å². The highest BCUT2D eigenvalue weighted by molar-refractivity contribution is 5.94. The summed E-state index contributed by atoms with van der Waals surface area (Å²) < 4.78 is 5.29. The summed E-state index contributed by atoms with van der Waals surface area (Å²) >= 11 is 0. The first-order valence-corrected chi connectivity index (χ1v) is 10.1. The van der Waals surface area contributed by atoms with Gasteiger partial charge < -0.3 is 15.0 Å². The van der Waals surface area contributed by atoms with Gasteiger partial charge in [-0.3, -0.25) is 9.69 Å². The fourth-order valence-electron chi connectivity index (χ4n) is 4.17. The lowest BCUT2D eigenvalue weighted by molar-refractivity contribution is -0.115. The number of hydrogen-bond acceptors (Lipinski definition) is 4. The molecule has 1 aromatic heterocycles. The van der Waals surface area contributed by atoms with Crippen LogP contribution in [0.1, 0.15) is 31.2 Å². The fraction of sp³-hybridized carbons (Fsp3) is 0.409. The quantitative estimate of drug-likeness (QED) is 0.814. The van der Waals surface area contributed by atoms with Gasteiger partial charge in [-0.2, -0.15) is 0 Å². The normalized spacial score (nSPS) is 17.1. The second kappa shape index (κ2) is 8.51. The average Bonchev–Trinajstić information content (AvgIpc) is 3.38. The molecule has 152 valence electrons. The molecule has 0 radical (unpaired) electrons. The maximum absolute atomic E-state index is 12.7. The Balaban J connectivity index is 1.37. The van der Waals surface area contributed by atoms with Crippen molar-refractivity contribution in [3.8, 4) is 5.75 Å². The second-order valence-corrected chi connectivity index (χ2v) is 7.51. The van der Waals surface area contributed by atoms with Crippen molar-refractivity contribution in [1.82, 2.24) is 9.88 Å². The number of benzene rings is 1. The number of nitrogens with zero attached hydrogens (tertiary/aromatic N) is 3. The zero-order valence-electron chi connectivity index (χ0n) is 16.6. The van der Waals surface area contributed by atoms with Gasteiger partial charge in [0, 0.05) is 24.7 Å². The number of amides is 3. The molecule has 2 fully saturated rings. The van der Waals surface area contributed by atoms with E-state index in [2.05, 4.69) is 10.3 Å². The van der Waals surface area contributed by atoms with Crippen LogP contribution in [0.3, 0.4) is 0 Å². The molecule has 3 amide bonds. The van der Waals surface area contributed by atoms with Crippen molar-refractivity contribution in [1.29, 1.82) is 0 Å². The van der Waals surface area contributed by atoms with Gasteiger partial charge in [-0.25, -0.2) is 9.78 Å². The molecule has 0 unspecified atom stereocenters. The summed E-state index contributed by atoms with van der Waals surface area (Å²) in [5.74, 6) is 1.17. The van der Waals surface area contributed by atoms with Gasteiger partial charge in [0.25, 0.3) is 0 Å². The zero-order chi connectivity index (χ0) is 20.2. The lowest BCUT2D eigenvalue weighted by Crippen LogP contribution is -2.38. The molecule has 1 N–H and O–H groups in total. The molecule has 1 aliphatic heterocycles. The first-order valence-electron chi connectivity index (χ1n) is 10.1. The van der Waals surface area contributed by atoms with Gasteiger partial charge in [0.15, 0.2) is 0 Å². The van der Waals surface area contributed by atoms with E-state index in [9.17, 15) is 9.59 Å². The number of carbonyl (C=O) groups is 2. The molecule has 7 heteroatoms. The summed E-state index contributed by atoms with van der Waals surface area (Å²) in [6.45, 7) is 1.41. The minimum atomic E-state index is -0.145. The molecule has 29 heavy (non-hydrogen) atoms. The number of urea groups is 1. The molecule has 4 rings (SSSR count). The summed E-state index contributed by atoms with van der Waals surface area (Å²) in [4.78, 5) is 33.2. The SMILES string of the molecule is COc1ccccc1CC(=O)Nc1ccc(N2CCN(C3CCCC3)C2=O)nc1. The van der Waals surface area contributed by atoms with E-state index in [-0.39, 0.29) is 18.4 Å². The van der Waals surface area contributed by atoms with E-state index in [4.69, 9.17) is 4.74 Å². The molecule has 0 spiro atoms. The smallest absolute Gasteiger partial charge is 0.326 e. The van der Waals surface area contributed by atoms with Crippen molar-refractivity contribution in [3.05, 3.63) is 48.2 Å². The molecular formula is C22H26N4O3. The van der Waals surface area contributed by atoms with Gasteiger partial charge >= 0.3 is 6.03 Å². The molecule has 1 aromatic carbocycles. The highest BCUT2D eigenvalue weighted by Gasteiger charge is 2.36. The minimum Gasteiger partial charge on any atom is -0.496 e. The number of hydrogen-bond donors (Lipinski definition) is 1. The predicted octanol–water partition coefficient (Wildman–Crippen LogP) is 3.46. The molecule has 1 saturated heterocycles. The Morgan fingerprint density at radius 2 is 1.97 bits per heavy atom. The van der Waals surface area contributed by atoms with Gasteiger partial charge in [-0.1, -0.05) is 31.0 Å². The first-order chi connectivity index (χ1) is 14.2. The van der Waals surface area contributed by atoms with Crippen LogP contribution in [0.25, 0.3) is 0 Å². The van der Waals surface area contributed by atoms with Crippen LogP contribution in [-0.4, -0.2) is 48.1 Å². The van der Waals surface area contributed by atoms with Crippen molar-refractivity contribution in [2.75, 3.05) is 30.4 Å². The summed E-state index contributed by atoms with van der Waals surface area (Å²) in [6, 6.07) is 11.4. The topological polar surface area (TPSA) is 74.8 Å². The molecule has 2 aliphatic rings. The van der Waals surface area contributed by atoms with E-state index in [1.165, 1.54) is 12.8 Å². The summed E-state index contributed by atoms with van der Waals surface area (Å²) in [6.07, 6.45) is 6.42. The number of carbonyl (C=O) groups excluding carboxylic acids is 2. The van der Waals surface area contributed by atoms with Gasteiger partial charge in [-0.05, 0) is 31.0 Å². The summed E-state index contributed by atoms with van der Waals surface area (Å²) in [5.41, 5.74) is 1.43. The van der Waals surface area contributed by atoms with Crippen molar-refractivity contribution >= 4 is 23.4 Å². The first kappa shape index (κ1) is 19.2. The number of pyridine rings is 1. The van der Waals surface area contributed by atoms with Crippen LogP contribution in [0, 0.1) is 0 Å². The monoisotopic (exact) mass is 394 g/mol. The molecule has 2 heterocycles. The van der Waals surface area contributed by atoms with E-state index in [1.807, 2.05) is 29.2 Å². The maximum Gasteiger partial charge on any atom is 0.326 e. The van der Waals surface area contributed by atoms with Gasteiger partial charge in [0.05, 0.1) is 25.4 Å². The van der Waals surface area contributed by atoms with Crippen molar-refractivity contribution in [2.45, 2.75) is 38.1 Å². The summed E-state index contributed by atoms with van der Waals surface area (Å²) in [5, 5.41) is 2.85. The van der Waals surface area contributed by atoms with Crippen molar-refractivity contribution in [2.24, 2.45) is 0 Å². The highest BCUT2D eigenvalue weighted by Crippen LogP contribution is 2.28. The third kappa shape index (κ3) is 4.18. The Bertz CT molecular complexity index is 878. The molecule has 1 saturated carbocycles. The Morgan fingerprint density at radius 1 is 1.17 bits per heavy atom. The standard InChI is InChI=1S/C22H26N4O3/c1-29-19-9-5-2-6-16(19)14-21(27)24-17-10-11-20(23-15-17)26-13-12-25(22(26)28)18-7-3-4-8-18/h2,5-6,9-11,15,18H,3-4,7-8,12-14H2,1H3,(H,24,27). The minimum absolute atomic E-state index is 0.0392. The number of nitrogens with one attached hydrogen (secondary N) is 1. The van der Waals surface area contributed by atoms with Crippen LogP contribution in [0.4, 0.5) is 16.3 Å². The number of ether oxygens (including phenoxy) is 1. The van der Waals surface area contributed by atoms with Crippen LogP contribution in [0.2, 0.25) is 0 Å². The van der Waals surface area contributed by atoms with E-state index < -0.39 is 0 Å². The van der Waals surface area contributed by atoms with Crippen molar-refractivity contribution < 1.29 is 14.3 Å². The average molecular weight is 394 g/mol. The Morgan fingerprint density at radius 3 is 2.69 bits per heavy atom. The molecule has 2 aromatic rings. The van der Waals surface area contributed by atoms with Crippen LogP contribution in [0.5, 0.6) is 5.75 Å². The summed E-state index contributed by atoms with van der Waals surface area (Å²) in [7, 11) is 1.59. The molecule has 1 aliphatic carbocycles. The largest absolute Gasteiger partial charge is 0.496 e. The van der Waals surface area contributed by atoms with Gasteiger partial charge in [-0.15, -0.1) is 0 Å². The third-order valence-electron chi connectivity index (χ3n) is 5.66. The highest BCUT2D eigenvalue weighted by atomic mass is 16.5. The fourth-order valence-corrected chi connectivity index (χ4v) is 4.17. The Hall–Kier alpha value is -3.09. The molecule has 7 nitrogen and oxygen atoms in total. The Kier molecular flexibility index (Phi) is 5.64. The van der Waals surface area contributed by atoms with Gasteiger partial charge in [0.1, 0.15) is 11.6 Å². The maximum atomic E-state index is 12.7. The lowest BCUT2D eigenvalue weighted by Gasteiger charge is -2.23. The van der Waals surface area contributed by atoms with Crippen LogP contribution < -0.4 is 15.0 Å². The van der Waals surface area contributed by atoms with Crippen molar-refractivity contribution in [3.63, 3.8) is 0 Å². The zero-order valence-corrected chi connectivity index (χ0v) is 16.6. The number of rotatable bonds is 6. The van der Waals surface area contributed by atoms with E-state index >= 15 is 0 Å². The van der Waals surface area contributed by atoms with Crippen LogP contribution in [0.15, 0.2) is 42.6 Å².